The molecule has 0 fully saturated rings. The second-order valence-corrected chi connectivity index (χ2v) is 3.41. The number of hydrogen-bond donors (Lipinski definition) is 0. The molecule has 0 atom stereocenters. The molecule has 1 heterocycles. The van der Waals surface area contributed by atoms with Crippen LogP contribution in [0.4, 0.5) is 13.2 Å². The fourth-order valence-corrected chi connectivity index (χ4v) is 1.26. The molecule has 7 heteroatoms. The average Bonchev–Trinajstić information content (AvgIpc) is 1.99. The highest BCUT2D eigenvalue weighted by Crippen LogP contribution is 2.22. The second-order valence-electron chi connectivity index (χ2n) is 2.17. The number of hydrogen-bond acceptors (Lipinski definition) is 3. The van der Waals surface area contributed by atoms with Gasteiger partial charge in [-0.3, -0.25) is 0 Å². The zero-order valence-electron chi connectivity index (χ0n) is 6.47. The third-order valence-corrected chi connectivity index (χ3v) is 1.72. The Bertz CT molecular complexity index is 386. The van der Waals surface area contributed by atoms with E-state index in [1.165, 1.54) is 6.07 Å². The van der Waals surface area contributed by atoms with Crippen molar-refractivity contribution in [1.29, 1.82) is 5.26 Å². The molecule has 74 valence electrons. The van der Waals surface area contributed by atoms with Gasteiger partial charge in [0.25, 0.3) is 0 Å². The number of alkyl halides is 3. The van der Waals surface area contributed by atoms with Gasteiger partial charge in [-0.1, -0.05) is 0 Å². The molecule has 0 N–H and O–H groups in total. The van der Waals surface area contributed by atoms with Crippen LogP contribution in [0.2, 0.25) is 0 Å². The van der Waals surface area contributed by atoms with E-state index < -0.39 is 12.2 Å². The van der Waals surface area contributed by atoms with Gasteiger partial charge in [-0.05, 0) is 28.7 Å². The lowest BCUT2D eigenvalue weighted by Crippen LogP contribution is -2.18. The molecule has 0 unspecified atom stereocenters. The molecule has 0 bridgehead atoms. The van der Waals surface area contributed by atoms with E-state index in [4.69, 9.17) is 5.26 Å². The van der Waals surface area contributed by atoms with E-state index in [1.807, 2.05) is 0 Å². The van der Waals surface area contributed by atoms with Crippen LogP contribution in [0.15, 0.2) is 12.1 Å². The number of aromatic nitrogens is 1. The summed E-state index contributed by atoms with van der Waals surface area (Å²) < 4.78 is 39.3. The third-order valence-electron chi connectivity index (χ3n) is 1.10. The van der Waals surface area contributed by atoms with Crippen LogP contribution in [0.3, 0.4) is 0 Å². The van der Waals surface area contributed by atoms with Gasteiger partial charge < -0.3 is 4.74 Å². The molecule has 0 aliphatic heterocycles. The molecule has 0 amide bonds. The molecular weight excluding hydrogens is 312 g/mol. The lowest BCUT2D eigenvalue weighted by molar-refractivity contribution is -0.276. The number of halogens is 4. The van der Waals surface area contributed by atoms with Crippen molar-refractivity contribution in [3.63, 3.8) is 0 Å². The van der Waals surface area contributed by atoms with Crippen molar-refractivity contribution in [3.05, 3.63) is 21.4 Å². The SMILES string of the molecule is N#Cc1cc(I)cc(OC(F)(F)F)n1. The Morgan fingerprint density at radius 2 is 2.07 bits per heavy atom. The van der Waals surface area contributed by atoms with Crippen molar-refractivity contribution in [1.82, 2.24) is 4.98 Å². The highest BCUT2D eigenvalue weighted by Gasteiger charge is 2.32. The van der Waals surface area contributed by atoms with Gasteiger partial charge in [0.2, 0.25) is 5.88 Å². The molecular formula is C7H2F3IN2O. The predicted octanol–water partition coefficient (Wildman–Crippen LogP) is 2.46. The van der Waals surface area contributed by atoms with Crippen LogP contribution in [0.5, 0.6) is 5.88 Å². The highest BCUT2D eigenvalue weighted by molar-refractivity contribution is 14.1. The Balaban J connectivity index is 3.00. The van der Waals surface area contributed by atoms with E-state index in [2.05, 4.69) is 9.72 Å². The predicted molar refractivity (Wildman–Crippen MR) is 48.4 cm³/mol. The summed E-state index contributed by atoms with van der Waals surface area (Å²) in [5, 5.41) is 8.43. The summed E-state index contributed by atoms with van der Waals surface area (Å²) in [4.78, 5) is 3.33. The molecule has 3 nitrogen and oxygen atoms in total. The first-order valence-electron chi connectivity index (χ1n) is 3.24. The van der Waals surface area contributed by atoms with E-state index in [0.717, 1.165) is 6.07 Å². The van der Waals surface area contributed by atoms with Gasteiger partial charge >= 0.3 is 6.36 Å². The van der Waals surface area contributed by atoms with Crippen molar-refractivity contribution in [2.75, 3.05) is 0 Å². The number of pyridine rings is 1. The van der Waals surface area contributed by atoms with Gasteiger partial charge in [-0.2, -0.15) is 5.26 Å². The van der Waals surface area contributed by atoms with Gasteiger partial charge in [0.05, 0.1) is 0 Å². The fraction of sp³-hybridized carbons (Fsp3) is 0.143. The van der Waals surface area contributed by atoms with Gasteiger partial charge in [-0.25, -0.2) is 4.98 Å². The monoisotopic (exact) mass is 314 g/mol. The van der Waals surface area contributed by atoms with Crippen LogP contribution in [0.1, 0.15) is 5.69 Å². The van der Waals surface area contributed by atoms with Crippen LogP contribution in [0, 0.1) is 14.9 Å². The zero-order chi connectivity index (χ0) is 10.8. The van der Waals surface area contributed by atoms with E-state index in [0.29, 0.717) is 3.57 Å². The largest absolute Gasteiger partial charge is 0.574 e. The standard InChI is InChI=1S/C7H2F3IN2O/c8-7(9,10)14-6-2-4(11)1-5(3-12)13-6/h1-2H. The third kappa shape index (κ3) is 3.37. The Kier molecular flexibility index (Phi) is 3.15. The Morgan fingerprint density at radius 1 is 1.43 bits per heavy atom. The summed E-state index contributed by atoms with van der Waals surface area (Å²) >= 11 is 1.77. The van der Waals surface area contributed by atoms with Gasteiger partial charge in [0, 0.05) is 9.64 Å². The van der Waals surface area contributed by atoms with Crippen molar-refractivity contribution in [2.45, 2.75) is 6.36 Å². The number of rotatable bonds is 1. The molecule has 14 heavy (non-hydrogen) atoms. The first kappa shape index (κ1) is 11.0. The first-order chi connectivity index (χ1) is 6.40. The van der Waals surface area contributed by atoms with Crippen molar-refractivity contribution in [2.24, 2.45) is 0 Å². The van der Waals surface area contributed by atoms with E-state index in [9.17, 15) is 13.2 Å². The molecule has 0 aliphatic carbocycles. The fourth-order valence-electron chi connectivity index (χ4n) is 0.702. The second kappa shape index (κ2) is 4.00. The number of nitrogens with zero attached hydrogens (tertiary/aromatic N) is 2. The Labute approximate surface area is 90.6 Å². The minimum atomic E-state index is -4.79. The summed E-state index contributed by atoms with van der Waals surface area (Å²) in [6.45, 7) is 0. The molecule has 0 aromatic carbocycles. The normalized spacial score (nSPS) is 10.8. The maximum absolute atomic E-state index is 11.8. The maximum atomic E-state index is 11.8. The van der Waals surface area contributed by atoms with E-state index in [1.54, 1.807) is 28.7 Å². The lowest BCUT2D eigenvalue weighted by atomic mass is 10.4. The minimum Gasteiger partial charge on any atom is -0.388 e. The highest BCUT2D eigenvalue weighted by atomic mass is 127. The summed E-state index contributed by atoms with van der Waals surface area (Å²) in [5.41, 5.74) is -0.115. The van der Waals surface area contributed by atoms with Crippen molar-refractivity contribution >= 4 is 22.6 Å². The topological polar surface area (TPSA) is 45.9 Å². The quantitative estimate of drug-likeness (QED) is 0.748. The van der Waals surface area contributed by atoms with Crippen LogP contribution >= 0.6 is 22.6 Å². The zero-order valence-corrected chi connectivity index (χ0v) is 8.63. The van der Waals surface area contributed by atoms with Crippen LogP contribution < -0.4 is 4.74 Å². The lowest BCUT2D eigenvalue weighted by Gasteiger charge is -2.07. The van der Waals surface area contributed by atoms with Crippen LogP contribution in [-0.4, -0.2) is 11.3 Å². The molecule has 1 rings (SSSR count). The molecule has 0 saturated carbocycles. The van der Waals surface area contributed by atoms with Crippen molar-refractivity contribution in [3.8, 4) is 11.9 Å². The average molecular weight is 314 g/mol. The molecule has 1 aromatic rings. The summed E-state index contributed by atoms with van der Waals surface area (Å²) in [6, 6.07) is 4.07. The van der Waals surface area contributed by atoms with Crippen LogP contribution in [0.25, 0.3) is 0 Å². The number of nitriles is 1. The maximum Gasteiger partial charge on any atom is 0.574 e. The summed E-state index contributed by atoms with van der Waals surface area (Å²) in [5.74, 6) is -0.624. The first-order valence-corrected chi connectivity index (χ1v) is 4.32. The Hall–Kier alpha value is -1.04. The van der Waals surface area contributed by atoms with Gasteiger partial charge in [0.1, 0.15) is 11.8 Å². The molecule has 0 spiro atoms. The van der Waals surface area contributed by atoms with Crippen molar-refractivity contribution < 1.29 is 17.9 Å². The van der Waals surface area contributed by atoms with Crippen LogP contribution in [-0.2, 0) is 0 Å². The minimum absolute atomic E-state index is 0.115. The smallest absolute Gasteiger partial charge is 0.388 e. The summed E-state index contributed by atoms with van der Waals surface area (Å²) in [6.07, 6.45) is -4.79. The van der Waals surface area contributed by atoms with E-state index >= 15 is 0 Å². The van der Waals surface area contributed by atoms with Gasteiger partial charge in [-0.15, -0.1) is 13.2 Å². The molecule has 0 aliphatic rings. The molecule has 0 radical (unpaired) electrons. The Morgan fingerprint density at radius 3 is 2.57 bits per heavy atom. The van der Waals surface area contributed by atoms with E-state index in [-0.39, 0.29) is 5.69 Å². The summed E-state index contributed by atoms with van der Waals surface area (Å²) in [7, 11) is 0. The number of ether oxygens (including phenoxy) is 1. The molecule has 0 saturated heterocycles. The molecule has 1 aromatic heterocycles. The van der Waals surface area contributed by atoms with Gasteiger partial charge in [0.15, 0.2) is 0 Å².